The van der Waals surface area contributed by atoms with E-state index in [4.69, 9.17) is 9.47 Å². The van der Waals surface area contributed by atoms with Gasteiger partial charge in [0, 0.05) is 13.1 Å². The van der Waals surface area contributed by atoms with Gasteiger partial charge in [-0.3, -0.25) is 4.68 Å². The average molecular weight is 289 g/mol. The second-order valence-electron chi connectivity index (χ2n) is 4.81. The van der Waals surface area contributed by atoms with Crippen LogP contribution < -0.4 is 14.8 Å². The van der Waals surface area contributed by atoms with Crippen molar-refractivity contribution >= 4 is 0 Å². The van der Waals surface area contributed by atoms with Gasteiger partial charge in [-0.05, 0) is 31.2 Å². The molecule has 0 spiro atoms. The van der Waals surface area contributed by atoms with Gasteiger partial charge in [-0.25, -0.2) is 0 Å². The van der Waals surface area contributed by atoms with Gasteiger partial charge in [-0.2, -0.15) is 5.10 Å². The minimum atomic E-state index is 0.508. The second kappa shape index (κ2) is 8.32. The Balaban J connectivity index is 1.72. The highest BCUT2D eigenvalue weighted by Gasteiger charge is 2.00. The summed E-state index contributed by atoms with van der Waals surface area (Å²) in [6, 6.07) is 8.06. The predicted octanol–water partition coefficient (Wildman–Crippen LogP) is 2.47. The van der Waals surface area contributed by atoms with Crippen LogP contribution in [0, 0.1) is 0 Å². The predicted molar refractivity (Wildman–Crippen MR) is 82.7 cm³/mol. The Kier molecular flexibility index (Phi) is 6.09. The second-order valence-corrected chi connectivity index (χ2v) is 4.81. The third kappa shape index (κ3) is 5.11. The zero-order chi connectivity index (χ0) is 14.9. The van der Waals surface area contributed by atoms with E-state index >= 15 is 0 Å². The van der Waals surface area contributed by atoms with Gasteiger partial charge < -0.3 is 14.8 Å². The molecule has 0 aliphatic heterocycles. The highest BCUT2D eigenvalue weighted by molar-refractivity contribution is 5.28. The molecule has 5 nitrogen and oxygen atoms in total. The van der Waals surface area contributed by atoms with E-state index in [0.29, 0.717) is 13.2 Å². The van der Waals surface area contributed by atoms with E-state index in [-0.39, 0.29) is 0 Å². The lowest BCUT2D eigenvalue weighted by Crippen LogP contribution is -2.09. The Morgan fingerprint density at radius 3 is 2.76 bits per heavy atom. The highest BCUT2D eigenvalue weighted by Crippen LogP contribution is 2.13. The minimum Gasteiger partial charge on any atom is -0.490 e. The van der Waals surface area contributed by atoms with Crippen molar-refractivity contribution in [1.82, 2.24) is 15.1 Å². The largest absolute Gasteiger partial charge is 0.490 e. The van der Waals surface area contributed by atoms with E-state index in [9.17, 15) is 0 Å². The molecule has 1 heterocycles. The van der Waals surface area contributed by atoms with E-state index < -0.39 is 0 Å². The molecule has 0 aliphatic rings. The van der Waals surface area contributed by atoms with Crippen molar-refractivity contribution in [2.24, 2.45) is 0 Å². The van der Waals surface area contributed by atoms with Crippen molar-refractivity contribution in [3.63, 3.8) is 0 Å². The Labute approximate surface area is 125 Å². The summed E-state index contributed by atoms with van der Waals surface area (Å²) < 4.78 is 13.2. The first-order valence-corrected chi connectivity index (χ1v) is 7.33. The van der Waals surface area contributed by atoms with Gasteiger partial charge in [0.1, 0.15) is 19.0 Å². The van der Waals surface area contributed by atoms with Gasteiger partial charge >= 0.3 is 0 Å². The van der Waals surface area contributed by atoms with E-state index in [1.807, 2.05) is 36.1 Å². The molecule has 5 heteroatoms. The van der Waals surface area contributed by atoms with Crippen molar-refractivity contribution in [3.05, 3.63) is 42.2 Å². The normalized spacial score (nSPS) is 10.6. The number of aromatic nitrogens is 2. The molecule has 2 rings (SSSR count). The summed E-state index contributed by atoms with van der Waals surface area (Å²) in [4.78, 5) is 0. The van der Waals surface area contributed by atoms with Gasteiger partial charge in [0.2, 0.25) is 0 Å². The number of aryl methyl sites for hydroxylation is 1. The quantitative estimate of drug-likeness (QED) is 0.720. The van der Waals surface area contributed by atoms with Crippen LogP contribution in [0.2, 0.25) is 0 Å². The van der Waals surface area contributed by atoms with Gasteiger partial charge in [0.15, 0.2) is 5.75 Å². The molecular formula is C16H23N3O2. The number of hydrogen-bond acceptors (Lipinski definition) is 4. The summed E-state index contributed by atoms with van der Waals surface area (Å²) in [5.41, 5.74) is 1.21. The Morgan fingerprint density at radius 1 is 1.19 bits per heavy atom. The van der Waals surface area contributed by atoms with Crippen molar-refractivity contribution in [2.75, 3.05) is 20.3 Å². The van der Waals surface area contributed by atoms with Gasteiger partial charge in [0.25, 0.3) is 0 Å². The summed E-state index contributed by atoms with van der Waals surface area (Å²) in [7, 11) is 1.93. The fourth-order valence-electron chi connectivity index (χ4n) is 2.04. The first-order valence-electron chi connectivity index (χ1n) is 7.33. The van der Waals surface area contributed by atoms with E-state index in [1.54, 1.807) is 6.20 Å². The maximum atomic E-state index is 5.69. The van der Waals surface area contributed by atoms with Gasteiger partial charge in [0.05, 0.1) is 12.4 Å². The van der Waals surface area contributed by atoms with Crippen LogP contribution in [0.15, 0.2) is 36.7 Å². The van der Waals surface area contributed by atoms with Crippen LogP contribution in [0.25, 0.3) is 0 Å². The zero-order valence-corrected chi connectivity index (χ0v) is 12.7. The maximum Gasteiger partial charge on any atom is 0.157 e. The molecular weight excluding hydrogens is 266 g/mol. The molecule has 0 radical (unpaired) electrons. The van der Waals surface area contributed by atoms with Crippen LogP contribution in [0.1, 0.15) is 18.9 Å². The van der Waals surface area contributed by atoms with Crippen LogP contribution in [0.4, 0.5) is 0 Å². The number of hydrogen-bond donors (Lipinski definition) is 1. The Morgan fingerprint density at radius 2 is 2.00 bits per heavy atom. The Bertz CT molecular complexity index is 540. The minimum absolute atomic E-state index is 0.508. The molecule has 21 heavy (non-hydrogen) atoms. The number of nitrogens with zero attached hydrogens (tertiary/aromatic N) is 2. The lowest BCUT2D eigenvalue weighted by Gasteiger charge is -2.08. The summed E-state index contributed by atoms with van der Waals surface area (Å²) in [5.74, 6) is 1.66. The number of rotatable bonds is 9. The van der Waals surface area contributed by atoms with Crippen LogP contribution in [0.5, 0.6) is 11.5 Å². The monoisotopic (exact) mass is 289 g/mol. The molecule has 1 aromatic heterocycles. The first-order chi connectivity index (χ1) is 10.3. The molecule has 0 atom stereocenters. The molecule has 0 saturated carbocycles. The van der Waals surface area contributed by atoms with Crippen LogP contribution >= 0.6 is 0 Å². The first kappa shape index (κ1) is 15.4. The summed E-state index contributed by atoms with van der Waals surface area (Å²) in [6.45, 7) is 4.90. The molecule has 0 aliphatic carbocycles. The van der Waals surface area contributed by atoms with Crippen molar-refractivity contribution < 1.29 is 9.47 Å². The average Bonchev–Trinajstić information content (AvgIpc) is 2.93. The number of ether oxygens (including phenoxy) is 2. The number of benzene rings is 1. The third-order valence-corrected chi connectivity index (χ3v) is 2.96. The molecule has 0 saturated heterocycles. The fraction of sp³-hybridized carbons (Fsp3) is 0.438. The smallest absolute Gasteiger partial charge is 0.157 e. The molecule has 0 unspecified atom stereocenters. The lowest BCUT2D eigenvalue weighted by molar-refractivity contribution is 0.217. The molecule has 1 aromatic carbocycles. The maximum absolute atomic E-state index is 5.69. The molecule has 114 valence electrons. The van der Waals surface area contributed by atoms with Crippen LogP contribution in [-0.4, -0.2) is 30.0 Å². The third-order valence-electron chi connectivity index (χ3n) is 2.96. The van der Waals surface area contributed by atoms with Crippen molar-refractivity contribution in [3.8, 4) is 11.5 Å². The van der Waals surface area contributed by atoms with E-state index in [1.165, 1.54) is 5.56 Å². The molecule has 0 amide bonds. The molecule has 0 bridgehead atoms. The SMILES string of the molecule is CCCn1cc(OCCOc2cccc(CNC)c2)cn1. The highest BCUT2D eigenvalue weighted by atomic mass is 16.5. The topological polar surface area (TPSA) is 48.3 Å². The molecule has 1 N–H and O–H groups in total. The molecule has 0 fully saturated rings. The summed E-state index contributed by atoms with van der Waals surface area (Å²) in [5, 5.41) is 7.34. The summed E-state index contributed by atoms with van der Waals surface area (Å²) >= 11 is 0. The van der Waals surface area contributed by atoms with Crippen molar-refractivity contribution in [2.45, 2.75) is 26.4 Å². The van der Waals surface area contributed by atoms with Gasteiger partial charge in [-0.15, -0.1) is 0 Å². The number of nitrogens with one attached hydrogen (secondary N) is 1. The fourth-order valence-corrected chi connectivity index (χ4v) is 2.04. The van der Waals surface area contributed by atoms with Crippen molar-refractivity contribution in [1.29, 1.82) is 0 Å². The van der Waals surface area contributed by atoms with E-state index in [0.717, 1.165) is 31.0 Å². The standard InChI is InChI=1S/C16H23N3O2/c1-3-7-19-13-16(12-18-19)21-9-8-20-15-6-4-5-14(10-15)11-17-2/h4-6,10,12-13,17H,3,7-9,11H2,1-2H3. The van der Waals surface area contributed by atoms with Crippen LogP contribution in [0.3, 0.4) is 0 Å². The Hall–Kier alpha value is -2.01. The van der Waals surface area contributed by atoms with Gasteiger partial charge in [-0.1, -0.05) is 19.1 Å². The molecule has 2 aromatic rings. The zero-order valence-electron chi connectivity index (χ0n) is 12.7. The lowest BCUT2D eigenvalue weighted by atomic mass is 10.2. The van der Waals surface area contributed by atoms with E-state index in [2.05, 4.69) is 23.4 Å². The summed E-state index contributed by atoms with van der Waals surface area (Å²) in [6.07, 6.45) is 4.72. The van der Waals surface area contributed by atoms with Crippen LogP contribution in [-0.2, 0) is 13.1 Å².